The van der Waals surface area contributed by atoms with Crippen molar-refractivity contribution in [3.05, 3.63) is 52.2 Å². The zero-order chi connectivity index (χ0) is 11.4. The number of aliphatic hydroxyl groups is 1. The summed E-state index contributed by atoms with van der Waals surface area (Å²) >= 11 is 1.62. The molecule has 0 aliphatic carbocycles. The topological polar surface area (TPSA) is 33.1 Å². The molecule has 0 saturated carbocycles. The van der Waals surface area contributed by atoms with Gasteiger partial charge in [0.1, 0.15) is 11.5 Å². The fourth-order valence-corrected chi connectivity index (χ4v) is 2.22. The molecule has 0 aliphatic heterocycles. The fourth-order valence-electron chi connectivity index (χ4n) is 1.52. The highest BCUT2D eigenvalue weighted by molar-refractivity contribution is 7.07. The van der Waals surface area contributed by atoms with Gasteiger partial charge in [-0.2, -0.15) is 11.3 Å². The molecule has 2 aromatic rings. The molecule has 2 nitrogen and oxygen atoms in total. The minimum atomic E-state index is -0.832. The highest BCUT2D eigenvalue weighted by Crippen LogP contribution is 2.20. The summed E-state index contributed by atoms with van der Waals surface area (Å²) in [5, 5.41) is 13.8. The monoisotopic (exact) mass is 237 g/mol. The second-order valence-corrected chi connectivity index (χ2v) is 4.34. The van der Waals surface area contributed by atoms with Crippen LogP contribution in [0.15, 0.2) is 35.2 Å². The normalized spacial score (nSPS) is 12.6. The number of nitrogens with zero attached hydrogens (tertiary/aromatic N) is 1. The van der Waals surface area contributed by atoms with Crippen LogP contribution < -0.4 is 0 Å². The summed E-state index contributed by atoms with van der Waals surface area (Å²) in [7, 11) is 0. The predicted molar refractivity (Wildman–Crippen MR) is 61.8 cm³/mol. The van der Waals surface area contributed by atoms with Crippen molar-refractivity contribution in [1.82, 2.24) is 4.98 Å². The smallest absolute Gasteiger partial charge is 0.147 e. The maximum absolute atomic E-state index is 13.3. The van der Waals surface area contributed by atoms with Crippen molar-refractivity contribution < 1.29 is 9.50 Å². The summed E-state index contributed by atoms with van der Waals surface area (Å²) in [5.74, 6) is -0.444. The Labute approximate surface area is 97.4 Å². The van der Waals surface area contributed by atoms with E-state index >= 15 is 0 Å². The highest BCUT2D eigenvalue weighted by Gasteiger charge is 2.13. The van der Waals surface area contributed by atoms with Gasteiger partial charge in [0.2, 0.25) is 0 Å². The lowest BCUT2D eigenvalue weighted by atomic mass is 10.1. The molecule has 1 unspecified atom stereocenters. The van der Waals surface area contributed by atoms with Gasteiger partial charge in [-0.15, -0.1) is 0 Å². The number of aromatic nitrogens is 1. The van der Waals surface area contributed by atoms with Crippen LogP contribution in [0.25, 0.3) is 0 Å². The number of hydrogen-bond acceptors (Lipinski definition) is 3. The molecule has 0 spiro atoms. The third-order valence-electron chi connectivity index (χ3n) is 2.39. The third kappa shape index (κ3) is 2.65. The first-order chi connectivity index (χ1) is 7.77. The van der Waals surface area contributed by atoms with Gasteiger partial charge in [-0.3, -0.25) is 4.98 Å². The van der Waals surface area contributed by atoms with Crippen LogP contribution in [-0.2, 0) is 6.42 Å². The molecule has 0 bridgehead atoms. The highest BCUT2D eigenvalue weighted by atomic mass is 32.1. The van der Waals surface area contributed by atoms with Gasteiger partial charge in [0.05, 0.1) is 6.10 Å². The lowest BCUT2D eigenvalue weighted by molar-refractivity contribution is 0.158. The molecule has 2 heterocycles. The zero-order valence-electron chi connectivity index (χ0n) is 8.64. The molecule has 2 aromatic heterocycles. The number of rotatable bonds is 4. The van der Waals surface area contributed by atoms with E-state index in [0.717, 1.165) is 6.42 Å². The Kier molecular flexibility index (Phi) is 3.64. The van der Waals surface area contributed by atoms with Gasteiger partial charge in [-0.1, -0.05) is 0 Å². The van der Waals surface area contributed by atoms with Crippen LogP contribution in [0, 0.1) is 5.82 Å². The average molecular weight is 237 g/mol. The lowest BCUT2D eigenvalue weighted by Crippen LogP contribution is -2.04. The molecule has 0 radical (unpaired) electrons. The molecule has 0 saturated heterocycles. The first-order valence-electron chi connectivity index (χ1n) is 5.07. The molecule has 16 heavy (non-hydrogen) atoms. The maximum atomic E-state index is 13.3. The van der Waals surface area contributed by atoms with Crippen LogP contribution in [-0.4, -0.2) is 10.1 Å². The molecule has 0 amide bonds. The number of hydrogen-bond donors (Lipinski definition) is 1. The van der Waals surface area contributed by atoms with Gasteiger partial charge in [-0.05, 0) is 47.4 Å². The van der Waals surface area contributed by atoms with Gasteiger partial charge in [0.15, 0.2) is 0 Å². The van der Waals surface area contributed by atoms with Crippen molar-refractivity contribution in [1.29, 1.82) is 0 Å². The summed E-state index contributed by atoms with van der Waals surface area (Å²) in [4.78, 5) is 3.86. The molecule has 0 fully saturated rings. The van der Waals surface area contributed by atoms with Gasteiger partial charge in [0, 0.05) is 6.20 Å². The lowest BCUT2D eigenvalue weighted by Gasteiger charge is -2.09. The third-order valence-corrected chi connectivity index (χ3v) is 3.12. The van der Waals surface area contributed by atoms with Crippen molar-refractivity contribution in [2.75, 3.05) is 0 Å². The van der Waals surface area contributed by atoms with E-state index < -0.39 is 11.9 Å². The number of halogens is 1. The van der Waals surface area contributed by atoms with E-state index in [0.29, 0.717) is 6.42 Å². The minimum Gasteiger partial charge on any atom is -0.387 e. The molecule has 4 heteroatoms. The van der Waals surface area contributed by atoms with Gasteiger partial charge >= 0.3 is 0 Å². The first kappa shape index (κ1) is 11.2. The van der Waals surface area contributed by atoms with Crippen LogP contribution in [0.1, 0.15) is 23.8 Å². The molecule has 0 aliphatic rings. The van der Waals surface area contributed by atoms with Crippen molar-refractivity contribution in [3.8, 4) is 0 Å². The molecule has 2 rings (SSSR count). The standard InChI is InChI=1S/C12H12FNOS/c13-10-2-1-6-14-12(10)11(15)4-3-9-5-7-16-8-9/h1-2,5-8,11,15H,3-4H2. The minimum absolute atomic E-state index is 0.137. The molecule has 1 atom stereocenters. The van der Waals surface area contributed by atoms with Crippen LogP contribution in [0.3, 0.4) is 0 Å². The zero-order valence-corrected chi connectivity index (χ0v) is 9.45. The Morgan fingerprint density at radius 2 is 2.31 bits per heavy atom. The van der Waals surface area contributed by atoms with Crippen LogP contribution >= 0.6 is 11.3 Å². The molecule has 0 aromatic carbocycles. The summed E-state index contributed by atoms with van der Waals surface area (Å²) in [6.45, 7) is 0. The number of aliphatic hydroxyl groups excluding tert-OH is 1. The van der Waals surface area contributed by atoms with Crippen LogP contribution in [0.4, 0.5) is 4.39 Å². The Hall–Kier alpha value is -1.26. The number of pyridine rings is 1. The second kappa shape index (κ2) is 5.18. The van der Waals surface area contributed by atoms with Crippen molar-refractivity contribution in [2.45, 2.75) is 18.9 Å². The molecular formula is C12H12FNOS. The SMILES string of the molecule is OC(CCc1ccsc1)c1ncccc1F. The largest absolute Gasteiger partial charge is 0.387 e. The van der Waals surface area contributed by atoms with E-state index in [9.17, 15) is 9.50 Å². The van der Waals surface area contributed by atoms with Gasteiger partial charge < -0.3 is 5.11 Å². The summed E-state index contributed by atoms with van der Waals surface area (Å²) in [6.07, 6.45) is 1.89. The van der Waals surface area contributed by atoms with E-state index in [1.54, 1.807) is 11.3 Å². The summed E-state index contributed by atoms with van der Waals surface area (Å²) < 4.78 is 13.3. The molecule has 84 valence electrons. The van der Waals surface area contributed by atoms with Gasteiger partial charge in [-0.25, -0.2) is 4.39 Å². The van der Waals surface area contributed by atoms with Crippen molar-refractivity contribution >= 4 is 11.3 Å². The quantitative estimate of drug-likeness (QED) is 0.886. The Morgan fingerprint density at radius 1 is 1.44 bits per heavy atom. The average Bonchev–Trinajstić information content (AvgIpc) is 2.79. The maximum Gasteiger partial charge on any atom is 0.147 e. The van der Waals surface area contributed by atoms with Gasteiger partial charge in [0.25, 0.3) is 0 Å². The molecule has 1 N–H and O–H groups in total. The van der Waals surface area contributed by atoms with Crippen LogP contribution in [0.5, 0.6) is 0 Å². The fraction of sp³-hybridized carbons (Fsp3) is 0.250. The van der Waals surface area contributed by atoms with E-state index in [4.69, 9.17) is 0 Å². The van der Waals surface area contributed by atoms with E-state index in [2.05, 4.69) is 4.98 Å². The second-order valence-electron chi connectivity index (χ2n) is 3.56. The Morgan fingerprint density at radius 3 is 3.00 bits per heavy atom. The number of aryl methyl sites for hydroxylation is 1. The first-order valence-corrected chi connectivity index (χ1v) is 6.01. The van der Waals surface area contributed by atoms with E-state index in [1.165, 1.54) is 23.9 Å². The summed E-state index contributed by atoms with van der Waals surface area (Å²) in [5.41, 5.74) is 1.30. The number of thiophene rings is 1. The van der Waals surface area contributed by atoms with E-state index in [1.807, 2.05) is 16.8 Å². The van der Waals surface area contributed by atoms with Crippen molar-refractivity contribution in [3.63, 3.8) is 0 Å². The summed E-state index contributed by atoms with van der Waals surface area (Å²) in [6, 6.07) is 4.84. The van der Waals surface area contributed by atoms with Crippen molar-refractivity contribution in [2.24, 2.45) is 0 Å². The Bertz CT molecular complexity index is 444. The Balaban J connectivity index is 1.98. The van der Waals surface area contributed by atoms with Crippen LogP contribution in [0.2, 0.25) is 0 Å². The molecular weight excluding hydrogens is 225 g/mol. The predicted octanol–water partition coefficient (Wildman–Crippen LogP) is 2.95. The van der Waals surface area contributed by atoms with E-state index in [-0.39, 0.29) is 5.69 Å².